The standard InChI is InChI=1S/C17H17ClN4O2S/c1-22(2)15(12-5-6-25-10-12)9-20-16(23)17(24)21-14-7-13(18)4-3-11(14)8-19/h3-7,10,15H,9H2,1-2H3,(H,20,23)(H,21,24). The number of carbonyl (C=O) groups excluding carboxylic acids is 2. The number of hydrogen-bond acceptors (Lipinski definition) is 5. The van der Waals surface area contributed by atoms with Gasteiger partial charge in [-0.2, -0.15) is 16.6 Å². The molecule has 25 heavy (non-hydrogen) atoms. The van der Waals surface area contributed by atoms with E-state index in [9.17, 15) is 9.59 Å². The fourth-order valence-corrected chi connectivity index (χ4v) is 3.11. The average Bonchev–Trinajstić information content (AvgIpc) is 3.09. The molecule has 0 radical (unpaired) electrons. The van der Waals surface area contributed by atoms with Gasteiger partial charge in [0, 0.05) is 11.6 Å². The van der Waals surface area contributed by atoms with E-state index in [1.165, 1.54) is 12.1 Å². The summed E-state index contributed by atoms with van der Waals surface area (Å²) in [5.41, 5.74) is 1.50. The van der Waals surface area contributed by atoms with E-state index in [4.69, 9.17) is 16.9 Å². The number of rotatable bonds is 5. The molecule has 0 saturated heterocycles. The van der Waals surface area contributed by atoms with Gasteiger partial charge in [-0.05, 0) is 54.7 Å². The Hall–Kier alpha value is -2.40. The van der Waals surface area contributed by atoms with Crippen molar-refractivity contribution in [1.29, 1.82) is 5.26 Å². The van der Waals surface area contributed by atoms with Crippen molar-refractivity contribution in [2.75, 3.05) is 26.0 Å². The maximum Gasteiger partial charge on any atom is 0.313 e. The highest BCUT2D eigenvalue weighted by molar-refractivity contribution is 7.08. The Labute approximate surface area is 155 Å². The summed E-state index contributed by atoms with van der Waals surface area (Å²) in [6, 6.07) is 8.33. The Kier molecular flexibility index (Phi) is 6.53. The number of nitrogens with one attached hydrogen (secondary N) is 2. The van der Waals surface area contributed by atoms with E-state index in [-0.39, 0.29) is 23.8 Å². The Morgan fingerprint density at radius 1 is 1.32 bits per heavy atom. The summed E-state index contributed by atoms with van der Waals surface area (Å²) in [5, 5.41) is 18.4. The summed E-state index contributed by atoms with van der Waals surface area (Å²) in [6.45, 7) is 0.288. The monoisotopic (exact) mass is 376 g/mol. The van der Waals surface area contributed by atoms with Crippen LogP contribution in [0.15, 0.2) is 35.0 Å². The van der Waals surface area contributed by atoms with Crippen molar-refractivity contribution in [2.24, 2.45) is 0 Å². The van der Waals surface area contributed by atoms with E-state index in [1.54, 1.807) is 17.4 Å². The molecule has 2 amide bonds. The van der Waals surface area contributed by atoms with E-state index < -0.39 is 11.8 Å². The Morgan fingerprint density at radius 2 is 2.08 bits per heavy atom. The molecule has 0 aliphatic rings. The number of hydrogen-bond donors (Lipinski definition) is 2. The average molecular weight is 377 g/mol. The van der Waals surface area contributed by atoms with E-state index in [1.807, 2.05) is 41.9 Å². The number of carbonyl (C=O) groups is 2. The quantitative estimate of drug-likeness (QED) is 0.785. The van der Waals surface area contributed by atoms with Crippen LogP contribution in [0.1, 0.15) is 17.2 Å². The normalized spacial score (nSPS) is 11.6. The number of nitrogens with zero attached hydrogens (tertiary/aromatic N) is 2. The molecule has 0 aliphatic carbocycles. The predicted molar refractivity (Wildman–Crippen MR) is 98.6 cm³/mol. The van der Waals surface area contributed by atoms with Crippen LogP contribution in [-0.2, 0) is 9.59 Å². The van der Waals surface area contributed by atoms with Gasteiger partial charge in [0.1, 0.15) is 6.07 Å². The zero-order valence-corrected chi connectivity index (χ0v) is 15.3. The number of thiophene rings is 1. The molecule has 6 nitrogen and oxygen atoms in total. The second kappa shape index (κ2) is 8.62. The largest absolute Gasteiger partial charge is 0.346 e. The summed E-state index contributed by atoms with van der Waals surface area (Å²) >= 11 is 7.44. The molecule has 2 aromatic rings. The van der Waals surface area contributed by atoms with Gasteiger partial charge >= 0.3 is 11.8 Å². The fourth-order valence-electron chi connectivity index (χ4n) is 2.23. The zero-order valence-electron chi connectivity index (χ0n) is 13.7. The third-order valence-corrected chi connectivity index (χ3v) is 4.50. The summed E-state index contributed by atoms with van der Waals surface area (Å²) in [6.07, 6.45) is 0. The summed E-state index contributed by atoms with van der Waals surface area (Å²) in [7, 11) is 3.81. The van der Waals surface area contributed by atoms with Crippen molar-refractivity contribution in [3.63, 3.8) is 0 Å². The van der Waals surface area contributed by atoms with Crippen molar-refractivity contribution in [3.8, 4) is 6.07 Å². The molecule has 0 fully saturated rings. The van der Waals surface area contributed by atoms with Crippen molar-refractivity contribution in [2.45, 2.75) is 6.04 Å². The number of amides is 2. The minimum Gasteiger partial charge on any atom is -0.346 e. The smallest absolute Gasteiger partial charge is 0.313 e. The number of likely N-dealkylation sites (N-methyl/N-ethyl adjacent to an activating group) is 1. The molecular weight excluding hydrogens is 360 g/mol. The number of anilines is 1. The van der Waals surface area contributed by atoms with Crippen LogP contribution in [0.4, 0.5) is 5.69 Å². The van der Waals surface area contributed by atoms with Crippen molar-refractivity contribution in [1.82, 2.24) is 10.2 Å². The SMILES string of the molecule is CN(C)C(CNC(=O)C(=O)Nc1cc(Cl)ccc1C#N)c1ccsc1. The first-order chi connectivity index (χ1) is 11.9. The van der Waals surface area contributed by atoms with E-state index >= 15 is 0 Å². The van der Waals surface area contributed by atoms with Crippen molar-refractivity contribution in [3.05, 3.63) is 51.2 Å². The first-order valence-electron chi connectivity index (χ1n) is 7.39. The van der Waals surface area contributed by atoms with Crippen molar-refractivity contribution < 1.29 is 9.59 Å². The van der Waals surface area contributed by atoms with Gasteiger partial charge in [0.05, 0.1) is 17.3 Å². The molecule has 0 aliphatic heterocycles. The van der Waals surface area contributed by atoms with E-state index in [2.05, 4.69) is 10.6 Å². The first-order valence-corrected chi connectivity index (χ1v) is 8.71. The Bertz CT molecular complexity index is 799. The molecule has 0 saturated carbocycles. The molecule has 8 heteroatoms. The molecule has 1 unspecified atom stereocenters. The molecule has 0 spiro atoms. The highest BCUT2D eigenvalue weighted by Gasteiger charge is 2.20. The van der Waals surface area contributed by atoms with Gasteiger partial charge in [-0.1, -0.05) is 11.6 Å². The van der Waals surface area contributed by atoms with E-state index in [0.717, 1.165) is 5.56 Å². The molecule has 2 rings (SSSR count). The molecule has 0 bridgehead atoms. The maximum absolute atomic E-state index is 12.1. The van der Waals surface area contributed by atoms with Crippen LogP contribution < -0.4 is 10.6 Å². The van der Waals surface area contributed by atoms with Gasteiger partial charge in [0.15, 0.2) is 0 Å². The molecule has 2 N–H and O–H groups in total. The number of nitriles is 1. The van der Waals surface area contributed by atoms with Gasteiger partial charge in [0.25, 0.3) is 0 Å². The summed E-state index contributed by atoms with van der Waals surface area (Å²) in [4.78, 5) is 26.1. The van der Waals surface area contributed by atoms with Crippen LogP contribution in [0.25, 0.3) is 0 Å². The van der Waals surface area contributed by atoms with Crippen LogP contribution >= 0.6 is 22.9 Å². The van der Waals surface area contributed by atoms with Crippen LogP contribution in [0.5, 0.6) is 0 Å². The molecule has 1 heterocycles. The van der Waals surface area contributed by atoms with Crippen LogP contribution in [0.2, 0.25) is 5.02 Å². The Morgan fingerprint density at radius 3 is 2.68 bits per heavy atom. The van der Waals surface area contributed by atoms with Crippen LogP contribution in [-0.4, -0.2) is 37.4 Å². The van der Waals surface area contributed by atoms with Gasteiger partial charge in [0.2, 0.25) is 0 Å². The lowest BCUT2D eigenvalue weighted by Gasteiger charge is -2.23. The molecule has 1 aromatic carbocycles. The number of halogens is 1. The third-order valence-electron chi connectivity index (χ3n) is 3.56. The highest BCUT2D eigenvalue weighted by atomic mass is 35.5. The van der Waals surface area contributed by atoms with Gasteiger partial charge in [-0.3, -0.25) is 9.59 Å². The van der Waals surface area contributed by atoms with Gasteiger partial charge in [-0.15, -0.1) is 0 Å². The minimum absolute atomic E-state index is 0.0381. The van der Waals surface area contributed by atoms with Gasteiger partial charge < -0.3 is 15.5 Å². The van der Waals surface area contributed by atoms with Gasteiger partial charge in [-0.25, -0.2) is 0 Å². The lowest BCUT2D eigenvalue weighted by atomic mass is 10.1. The molecule has 1 atom stereocenters. The lowest BCUT2D eigenvalue weighted by molar-refractivity contribution is -0.136. The van der Waals surface area contributed by atoms with E-state index in [0.29, 0.717) is 5.02 Å². The second-order valence-electron chi connectivity index (χ2n) is 5.50. The van der Waals surface area contributed by atoms with Crippen molar-refractivity contribution >= 4 is 40.4 Å². The second-order valence-corrected chi connectivity index (χ2v) is 6.72. The molecule has 130 valence electrons. The molecule has 1 aromatic heterocycles. The Balaban J connectivity index is 2.00. The highest BCUT2D eigenvalue weighted by Crippen LogP contribution is 2.21. The number of benzene rings is 1. The zero-order chi connectivity index (χ0) is 18.4. The lowest BCUT2D eigenvalue weighted by Crippen LogP contribution is -2.40. The first kappa shape index (κ1) is 18.9. The topological polar surface area (TPSA) is 85.2 Å². The van der Waals surface area contributed by atoms with Crippen LogP contribution in [0, 0.1) is 11.3 Å². The van der Waals surface area contributed by atoms with Crippen LogP contribution in [0.3, 0.4) is 0 Å². The maximum atomic E-state index is 12.1. The fraction of sp³-hybridized carbons (Fsp3) is 0.235. The predicted octanol–water partition coefficient (Wildman–Crippen LogP) is 2.63. The summed E-state index contributed by atoms with van der Waals surface area (Å²) < 4.78 is 0. The third kappa shape index (κ3) is 5.03. The molecular formula is C17H17ClN4O2S. The summed E-state index contributed by atoms with van der Waals surface area (Å²) in [5.74, 6) is -1.62. The minimum atomic E-state index is -0.846.